The average molecular weight is 335 g/mol. The number of benzene rings is 1. The van der Waals surface area contributed by atoms with Gasteiger partial charge in [-0.05, 0) is 0 Å². The van der Waals surface area contributed by atoms with Crippen LogP contribution in [0.4, 0.5) is 0 Å². The zero-order chi connectivity index (χ0) is 14.3. The van der Waals surface area contributed by atoms with Gasteiger partial charge in [0.2, 0.25) is 0 Å². The second-order valence-corrected chi connectivity index (χ2v) is 13.5. The Morgan fingerprint density at radius 1 is 1.00 bits per heavy atom. The predicted molar refractivity (Wildman–Crippen MR) is 82.7 cm³/mol. The van der Waals surface area contributed by atoms with Gasteiger partial charge in [0.15, 0.2) is 0 Å². The average Bonchev–Trinajstić information content (AvgIpc) is 2.62. The Morgan fingerprint density at radius 2 is 1.63 bits per heavy atom. The van der Waals surface area contributed by atoms with E-state index in [9.17, 15) is 0 Å². The molecule has 0 radical (unpaired) electrons. The fourth-order valence-electron chi connectivity index (χ4n) is 3.55. The van der Waals surface area contributed by atoms with Gasteiger partial charge < -0.3 is 0 Å². The van der Waals surface area contributed by atoms with Gasteiger partial charge in [0.05, 0.1) is 0 Å². The van der Waals surface area contributed by atoms with Gasteiger partial charge in [-0.15, -0.1) is 0 Å². The molecule has 0 fully saturated rings. The summed E-state index contributed by atoms with van der Waals surface area (Å²) in [6, 6.07) is 4.84. The normalized spacial score (nSPS) is 17.9. The van der Waals surface area contributed by atoms with Gasteiger partial charge >= 0.3 is 127 Å². The van der Waals surface area contributed by atoms with E-state index >= 15 is 0 Å². The zero-order valence-corrected chi connectivity index (χ0v) is 15.9. The van der Waals surface area contributed by atoms with Gasteiger partial charge in [-0.25, -0.2) is 0 Å². The van der Waals surface area contributed by atoms with Crippen LogP contribution < -0.4 is 0 Å². The van der Waals surface area contributed by atoms with Crippen molar-refractivity contribution in [2.24, 2.45) is 0 Å². The third-order valence-corrected chi connectivity index (χ3v) is 8.99. The summed E-state index contributed by atoms with van der Waals surface area (Å²) in [6.07, 6.45) is 2.49. The molecule has 0 amide bonds. The molecule has 0 N–H and O–H groups in total. The number of fused-ring (bicyclic) bond motifs is 1. The van der Waals surface area contributed by atoms with Crippen molar-refractivity contribution in [1.29, 1.82) is 0 Å². The van der Waals surface area contributed by atoms with E-state index in [-0.39, 0.29) is 0 Å². The Labute approximate surface area is 127 Å². The van der Waals surface area contributed by atoms with E-state index in [4.69, 9.17) is 0 Å². The number of hydrogen-bond acceptors (Lipinski definition) is 0. The SMILES string of the molecule is CC1=Cc2c(ccc(C(C)C)c2C(C)C)[CH]1[Zr]([CH3])[CH3]. The van der Waals surface area contributed by atoms with E-state index in [0.29, 0.717) is 11.8 Å². The standard InChI is InChI=1S/C16H21.2CH3.Zr/c1-10(2)14-7-6-13-8-12(5)9-15(13)16(14)11(3)4;;;/h6-11H,1-5H3;2*1H3;. The molecule has 0 bridgehead atoms. The molecule has 1 atom stereocenters. The molecule has 19 heavy (non-hydrogen) atoms. The molecule has 0 aromatic heterocycles. The summed E-state index contributed by atoms with van der Waals surface area (Å²) in [5.41, 5.74) is 8.00. The molecular weight excluding hydrogens is 307 g/mol. The van der Waals surface area contributed by atoms with Gasteiger partial charge in [0.25, 0.3) is 0 Å². The van der Waals surface area contributed by atoms with Crippen molar-refractivity contribution < 1.29 is 21.8 Å². The number of allylic oxidation sites excluding steroid dienone is 1. The third-order valence-electron chi connectivity index (χ3n) is 4.27. The van der Waals surface area contributed by atoms with E-state index in [0.717, 1.165) is 3.63 Å². The molecule has 0 saturated heterocycles. The van der Waals surface area contributed by atoms with Crippen molar-refractivity contribution in [3.8, 4) is 0 Å². The van der Waals surface area contributed by atoms with E-state index < -0.39 is 21.8 Å². The van der Waals surface area contributed by atoms with Crippen LogP contribution in [0.5, 0.6) is 0 Å². The summed E-state index contributed by atoms with van der Waals surface area (Å²) in [5, 5.41) is 0. The maximum absolute atomic E-state index is 2.53. The summed E-state index contributed by atoms with van der Waals surface area (Å²) in [7, 11) is 0. The van der Waals surface area contributed by atoms with E-state index in [1.54, 1.807) is 27.8 Å². The Kier molecular flexibility index (Phi) is 4.56. The van der Waals surface area contributed by atoms with Gasteiger partial charge in [-0.2, -0.15) is 0 Å². The predicted octanol–water partition coefficient (Wildman–Crippen LogP) is 6.11. The molecule has 1 heteroatoms. The first-order chi connectivity index (χ1) is 8.84. The first-order valence-electron chi connectivity index (χ1n) is 7.49. The van der Waals surface area contributed by atoms with Gasteiger partial charge in [-0.3, -0.25) is 0 Å². The molecule has 0 spiro atoms. The summed E-state index contributed by atoms with van der Waals surface area (Å²) in [6.45, 7) is 11.7. The topological polar surface area (TPSA) is 0 Å². The molecule has 0 aliphatic heterocycles. The van der Waals surface area contributed by atoms with Crippen LogP contribution in [-0.2, 0) is 21.8 Å². The molecule has 0 saturated carbocycles. The molecule has 0 nitrogen and oxygen atoms in total. The Hall–Kier alpha value is -0.157. The summed E-state index contributed by atoms with van der Waals surface area (Å²) < 4.78 is 5.88. The van der Waals surface area contributed by atoms with Crippen LogP contribution in [0.25, 0.3) is 6.08 Å². The molecule has 2 rings (SSSR count). The van der Waals surface area contributed by atoms with Crippen molar-refractivity contribution in [2.75, 3.05) is 0 Å². The number of rotatable bonds is 3. The molecule has 1 aromatic rings. The molecule has 1 aromatic carbocycles. The summed E-state index contributed by atoms with van der Waals surface area (Å²) in [5.74, 6) is 1.24. The summed E-state index contributed by atoms with van der Waals surface area (Å²) >= 11 is -1.24. The fraction of sp³-hybridized carbons (Fsp3) is 0.556. The minimum atomic E-state index is -1.24. The van der Waals surface area contributed by atoms with Crippen LogP contribution in [0, 0.1) is 0 Å². The van der Waals surface area contributed by atoms with Crippen LogP contribution in [0.3, 0.4) is 0 Å². The van der Waals surface area contributed by atoms with Crippen LogP contribution in [0.15, 0.2) is 17.7 Å². The summed E-state index contributed by atoms with van der Waals surface area (Å²) in [4.78, 5) is 0. The van der Waals surface area contributed by atoms with Crippen molar-refractivity contribution >= 4 is 6.08 Å². The zero-order valence-electron chi connectivity index (χ0n) is 13.5. The molecular formula is C18H27Zr. The monoisotopic (exact) mass is 333 g/mol. The van der Waals surface area contributed by atoms with Crippen molar-refractivity contribution in [2.45, 2.75) is 59.3 Å². The van der Waals surface area contributed by atoms with Crippen LogP contribution in [0.1, 0.15) is 72.3 Å². The van der Waals surface area contributed by atoms with Crippen LogP contribution in [0.2, 0.25) is 9.26 Å². The minimum absolute atomic E-state index is 0.621. The first-order valence-corrected chi connectivity index (χ1v) is 13.8. The second kappa shape index (κ2) is 5.68. The third kappa shape index (κ3) is 2.68. The van der Waals surface area contributed by atoms with Crippen molar-refractivity contribution in [3.05, 3.63) is 40.0 Å². The molecule has 0 heterocycles. The molecule has 1 aliphatic carbocycles. The first kappa shape index (κ1) is 15.2. The number of hydrogen-bond donors (Lipinski definition) is 0. The Morgan fingerprint density at radius 3 is 2.11 bits per heavy atom. The Balaban J connectivity index is 2.66. The van der Waals surface area contributed by atoms with E-state index in [1.807, 2.05) is 0 Å². The van der Waals surface area contributed by atoms with Crippen LogP contribution in [-0.4, -0.2) is 0 Å². The van der Waals surface area contributed by atoms with Gasteiger partial charge in [-0.1, -0.05) is 0 Å². The maximum atomic E-state index is 2.53. The van der Waals surface area contributed by atoms with Gasteiger partial charge in [0.1, 0.15) is 0 Å². The van der Waals surface area contributed by atoms with Crippen molar-refractivity contribution in [3.63, 3.8) is 0 Å². The second-order valence-electron chi connectivity index (χ2n) is 6.78. The molecule has 1 unspecified atom stereocenters. The van der Waals surface area contributed by atoms with Gasteiger partial charge in [0, 0.05) is 0 Å². The quantitative estimate of drug-likeness (QED) is 0.626. The van der Waals surface area contributed by atoms with Crippen molar-refractivity contribution in [1.82, 2.24) is 0 Å². The van der Waals surface area contributed by atoms with Crippen LogP contribution >= 0.6 is 0 Å². The van der Waals surface area contributed by atoms with E-state index in [2.05, 4.69) is 62.1 Å². The fourth-order valence-corrected chi connectivity index (χ4v) is 8.14. The molecule has 1 aliphatic rings. The molecule has 103 valence electrons. The van der Waals surface area contributed by atoms with E-state index in [1.165, 1.54) is 0 Å². The Bertz CT molecular complexity index is 507.